The number of alkyl halides is 3. The summed E-state index contributed by atoms with van der Waals surface area (Å²) in [5.41, 5.74) is 9.09. The molecule has 3 rings (SSSR count). The van der Waals surface area contributed by atoms with E-state index in [2.05, 4.69) is 16.3 Å². The minimum atomic E-state index is -4.42. The number of amides is 1. The molecule has 1 aliphatic heterocycles. The SMILES string of the molecule is CC.NC(=O)c1cc(CCNCCOc2ccccc2OCC(F)(F)F)cc2c1N(CCCO)CC2. The number of carbonyl (C=O) groups is 1. The summed E-state index contributed by atoms with van der Waals surface area (Å²) >= 11 is 0. The lowest BCUT2D eigenvalue weighted by atomic mass is 10.00. The van der Waals surface area contributed by atoms with Crippen LogP contribution in [-0.2, 0) is 12.8 Å². The van der Waals surface area contributed by atoms with E-state index in [4.69, 9.17) is 20.3 Å². The molecule has 0 aromatic heterocycles. The quantitative estimate of drug-likeness (QED) is 0.355. The molecule has 1 heterocycles. The highest BCUT2D eigenvalue weighted by molar-refractivity contribution is 6.00. The van der Waals surface area contributed by atoms with Crippen molar-refractivity contribution in [3.63, 3.8) is 0 Å². The standard InChI is InChI=1S/C24H30F3N3O4.C2H6/c25-24(26,27)16-34-21-5-2-1-4-20(21)33-13-9-29-8-6-17-14-18-7-11-30(10-3-12-31)22(18)19(15-17)23(28)32;1-2/h1-2,4-5,14-15,29,31H,3,6-13,16H2,(H2,28,32);1-2H3. The van der Waals surface area contributed by atoms with E-state index in [1.807, 2.05) is 19.9 Å². The lowest BCUT2D eigenvalue weighted by Gasteiger charge is -2.21. The van der Waals surface area contributed by atoms with Gasteiger partial charge >= 0.3 is 6.18 Å². The number of nitrogens with zero attached hydrogens (tertiary/aromatic N) is 1. The van der Waals surface area contributed by atoms with Crippen LogP contribution in [-0.4, -0.2) is 63.2 Å². The fourth-order valence-corrected chi connectivity index (χ4v) is 3.95. The monoisotopic (exact) mass is 511 g/mol. The highest BCUT2D eigenvalue weighted by atomic mass is 19.4. The zero-order valence-electron chi connectivity index (χ0n) is 20.9. The molecule has 0 unspecified atom stereocenters. The number of hydrogen-bond donors (Lipinski definition) is 3. The van der Waals surface area contributed by atoms with Crippen molar-refractivity contribution in [2.24, 2.45) is 5.73 Å². The molecule has 1 amide bonds. The van der Waals surface area contributed by atoms with Crippen LogP contribution in [0.15, 0.2) is 36.4 Å². The highest BCUT2D eigenvalue weighted by Gasteiger charge is 2.29. The molecule has 0 bridgehead atoms. The number of rotatable bonds is 13. The van der Waals surface area contributed by atoms with E-state index < -0.39 is 18.7 Å². The van der Waals surface area contributed by atoms with E-state index in [0.717, 1.165) is 29.8 Å². The molecule has 0 atom stereocenters. The molecule has 2 aromatic carbocycles. The number of fused-ring (bicyclic) bond motifs is 1. The lowest BCUT2D eigenvalue weighted by molar-refractivity contribution is -0.153. The Labute approximate surface area is 210 Å². The van der Waals surface area contributed by atoms with Gasteiger partial charge in [-0.3, -0.25) is 4.79 Å². The van der Waals surface area contributed by atoms with Crippen molar-refractivity contribution in [1.82, 2.24) is 5.32 Å². The Morgan fingerprint density at radius 3 is 2.47 bits per heavy atom. The fraction of sp³-hybridized carbons (Fsp3) is 0.500. The van der Waals surface area contributed by atoms with Crippen LogP contribution in [0.3, 0.4) is 0 Å². The second-order valence-electron chi connectivity index (χ2n) is 8.03. The largest absolute Gasteiger partial charge is 0.488 e. The van der Waals surface area contributed by atoms with E-state index in [1.54, 1.807) is 18.2 Å². The van der Waals surface area contributed by atoms with Crippen molar-refractivity contribution in [2.75, 3.05) is 50.9 Å². The van der Waals surface area contributed by atoms with Crippen LogP contribution in [0.5, 0.6) is 11.5 Å². The second-order valence-corrected chi connectivity index (χ2v) is 8.03. The Bertz CT molecular complexity index is 970. The predicted octanol–water partition coefficient (Wildman–Crippen LogP) is 3.71. The molecule has 0 fully saturated rings. The summed E-state index contributed by atoms with van der Waals surface area (Å²) in [6.45, 7) is 5.55. The van der Waals surface area contributed by atoms with Gasteiger partial charge in [0.1, 0.15) is 6.61 Å². The number of ether oxygens (including phenoxy) is 2. The van der Waals surface area contributed by atoms with Gasteiger partial charge in [0, 0.05) is 26.2 Å². The Kier molecular flexibility index (Phi) is 11.8. The number of nitrogens with two attached hydrogens (primary N) is 1. The van der Waals surface area contributed by atoms with Crippen LogP contribution in [0.4, 0.5) is 18.9 Å². The maximum absolute atomic E-state index is 12.4. The first-order valence-corrected chi connectivity index (χ1v) is 12.2. The smallest absolute Gasteiger partial charge is 0.422 e. The molecule has 0 spiro atoms. The van der Waals surface area contributed by atoms with Crippen LogP contribution < -0.4 is 25.4 Å². The third kappa shape index (κ3) is 8.91. The number of aliphatic hydroxyl groups is 1. The number of halogens is 3. The van der Waals surface area contributed by atoms with Crippen molar-refractivity contribution in [3.05, 3.63) is 53.1 Å². The van der Waals surface area contributed by atoms with Crippen LogP contribution in [0.2, 0.25) is 0 Å². The van der Waals surface area contributed by atoms with Gasteiger partial charge in [-0.05, 0) is 55.1 Å². The number of aliphatic hydroxyl groups excluding tert-OH is 1. The lowest BCUT2D eigenvalue weighted by Crippen LogP contribution is -2.26. The van der Waals surface area contributed by atoms with Crippen LogP contribution >= 0.6 is 0 Å². The number of anilines is 1. The zero-order chi connectivity index (χ0) is 26.6. The number of nitrogens with one attached hydrogen (secondary N) is 1. The molecule has 10 heteroatoms. The number of benzene rings is 2. The van der Waals surface area contributed by atoms with Gasteiger partial charge < -0.3 is 30.5 Å². The number of primary amides is 1. The Morgan fingerprint density at radius 1 is 1.14 bits per heavy atom. The van der Waals surface area contributed by atoms with E-state index in [1.165, 1.54) is 6.07 Å². The molecule has 1 aliphatic rings. The predicted molar refractivity (Wildman–Crippen MR) is 134 cm³/mol. The normalized spacial score (nSPS) is 12.6. The molecule has 0 aliphatic carbocycles. The Hall–Kier alpha value is -2.98. The van der Waals surface area contributed by atoms with Gasteiger partial charge in [0.2, 0.25) is 0 Å². The minimum absolute atomic E-state index is 0.0463. The van der Waals surface area contributed by atoms with Gasteiger partial charge in [-0.1, -0.05) is 32.0 Å². The minimum Gasteiger partial charge on any atom is -0.488 e. The number of hydrogen-bond acceptors (Lipinski definition) is 6. The summed E-state index contributed by atoms with van der Waals surface area (Å²) in [5.74, 6) is -0.171. The summed E-state index contributed by atoms with van der Waals surface area (Å²) in [4.78, 5) is 14.2. The van der Waals surface area contributed by atoms with E-state index >= 15 is 0 Å². The summed E-state index contributed by atoms with van der Waals surface area (Å²) in [6.07, 6.45) is -2.29. The Morgan fingerprint density at radius 2 is 1.83 bits per heavy atom. The van der Waals surface area contributed by atoms with Crippen LogP contribution in [0.1, 0.15) is 41.8 Å². The number of para-hydroxylation sites is 2. The molecule has 200 valence electrons. The molecule has 0 radical (unpaired) electrons. The molecule has 2 aromatic rings. The zero-order valence-corrected chi connectivity index (χ0v) is 20.9. The maximum Gasteiger partial charge on any atom is 0.422 e. The summed E-state index contributed by atoms with van der Waals surface area (Å²) in [7, 11) is 0. The molecule has 4 N–H and O–H groups in total. The van der Waals surface area contributed by atoms with Gasteiger partial charge in [-0.2, -0.15) is 13.2 Å². The molecular formula is C26H36F3N3O4. The van der Waals surface area contributed by atoms with Crippen molar-refractivity contribution >= 4 is 11.6 Å². The molecule has 7 nitrogen and oxygen atoms in total. The van der Waals surface area contributed by atoms with Crippen molar-refractivity contribution in [2.45, 2.75) is 39.3 Å². The summed E-state index contributed by atoms with van der Waals surface area (Å²) in [6, 6.07) is 10.2. The van der Waals surface area contributed by atoms with E-state index in [9.17, 15) is 18.0 Å². The van der Waals surface area contributed by atoms with Gasteiger partial charge in [-0.15, -0.1) is 0 Å². The first-order valence-electron chi connectivity index (χ1n) is 12.2. The fourth-order valence-electron chi connectivity index (χ4n) is 3.95. The average molecular weight is 512 g/mol. The third-order valence-electron chi connectivity index (χ3n) is 5.43. The average Bonchev–Trinajstić information content (AvgIpc) is 3.27. The topological polar surface area (TPSA) is 97.1 Å². The van der Waals surface area contributed by atoms with Gasteiger partial charge in [-0.25, -0.2) is 0 Å². The first kappa shape index (κ1) is 29.3. The van der Waals surface area contributed by atoms with Gasteiger partial charge in [0.25, 0.3) is 5.91 Å². The van der Waals surface area contributed by atoms with Crippen molar-refractivity contribution in [1.29, 1.82) is 0 Å². The van der Waals surface area contributed by atoms with Gasteiger partial charge in [0.05, 0.1) is 11.3 Å². The van der Waals surface area contributed by atoms with E-state index in [0.29, 0.717) is 38.0 Å². The van der Waals surface area contributed by atoms with Gasteiger partial charge in [0.15, 0.2) is 18.1 Å². The van der Waals surface area contributed by atoms with Crippen molar-refractivity contribution in [3.8, 4) is 11.5 Å². The third-order valence-corrected chi connectivity index (χ3v) is 5.43. The molecule has 0 saturated carbocycles. The van der Waals surface area contributed by atoms with E-state index in [-0.39, 0.29) is 24.7 Å². The maximum atomic E-state index is 12.4. The van der Waals surface area contributed by atoms with Crippen molar-refractivity contribution < 1.29 is 32.5 Å². The second kappa shape index (κ2) is 14.5. The summed E-state index contributed by atoms with van der Waals surface area (Å²) in [5, 5.41) is 12.3. The first-order chi connectivity index (χ1) is 17.3. The van der Waals surface area contributed by atoms with Crippen LogP contribution in [0.25, 0.3) is 0 Å². The van der Waals surface area contributed by atoms with Crippen LogP contribution in [0, 0.1) is 0 Å². The number of carbonyl (C=O) groups excluding carboxylic acids is 1. The molecule has 0 saturated heterocycles. The molecule has 36 heavy (non-hydrogen) atoms. The summed E-state index contributed by atoms with van der Waals surface area (Å²) < 4.78 is 47.6. The Balaban J connectivity index is 0.00000222. The highest BCUT2D eigenvalue weighted by Crippen LogP contribution is 2.33. The molecular weight excluding hydrogens is 475 g/mol.